The van der Waals surface area contributed by atoms with E-state index >= 15 is 0 Å². The van der Waals surface area contributed by atoms with E-state index in [2.05, 4.69) is 21.2 Å². The van der Waals surface area contributed by atoms with E-state index in [1.54, 1.807) is 7.11 Å². The van der Waals surface area contributed by atoms with Crippen LogP contribution < -0.4 is 4.90 Å². The van der Waals surface area contributed by atoms with Crippen molar-refractivity contribution in [3.8, 4) is 0 Å². The van der Waals surface area contributed by atoms with Crippen molar-refractivity contribution in [2.75, 3.05) is 31.8 Å². The molecule has 3 rings (SSSR count). The van der Waals surface area contributed by atoms with Crippen LogP contribution in [0, 0.1) is 5.41 Å². The third-order valence-corrected chi connectivity index (χ3v) is 5.46. The van der Waals surface area contributed by atoms with Crippen LogP contribution in [0.1, 0.15) is 32.0 Å². The van der Waals surface area contributed by atoms with Gasteiger partial charge in [0.05, 0.1) is 0 Å². The molecular formula is C13H21N3O2S. The molecule has 1 spiro atoms. The van der Waals surface area contributed by atoms with Gasteiger partial charge in [-0.25, -0.2) is 4.98 Å². The lowest BCUT2D eigenvalue weighted by Gasteiger charge is -2.38. The fraction of sp³-hybridized carbons (Fsp3) is 0.846. The monoisotopic (exact) mass is 283 g/mol. The van der Waals surface area contributed by atoms with Crippen molar-refractivity contribution < 1.29 is 9.47 Å². The van der Waals surface area contributed by atoms with Gasteiger partial charge < -0.3 is 14.4 Å². The average molecular weight is 283 g/mol. The molecule has 2 fully saturated rings. The standard InChI is InChI=1S/C13H21N3O2S/c1-10-13(4-7-18-8-5-13)3-6-16(10)12-14-11(9-17-2)15-19-12/h10H,3-9H2,1-2H3/t10-/m0/s1. The maximum atomic E-state index is 5.52. The fourth-order valence-electron chi connectivity index (χ4n) is 3.33. The van der Waals surface area contributed by atoms with Crippen molar-refractivity contribution in [3.05, 3.63) is 5.82 Å². The van der Waals surface area contributed by atoms with Crippen LogP contribution in [0.3, 0.4) is 0 Å². The van der Waals surface area contributed by atoms with E-state index in [1.807, 2.05) is 0 Å². The maximum absolute atomic E-state index is 5.52. The van der Waals surface area contributed by atoms with E-state index in [4.69, 9.17) is 9.47 Å². The van der Waals surface area contributed by atoms with E-state index in [0.29, 0.717) is 18.1 Å². The second-order valence-corrected chi connectivity index (χ2v) is 6.25. The van der Waals surface area contributed by atoms with Crippen LogP contribution in [0.5, 0.6) is 0 Å². The molecule has 0 aromatic carbocycles. The van der Waals surface area contributed by atoms with Gasteiger partial charge in [-0.1, -0.05) is 0 Å². The molecule has 0 N–H and O–H groups in total. The number of rotatable bonds is 3. The molecule has 5 nitrogen and oxygen atoms in total. The van der Waals surface area contributed by atoms with Gasteiger partial charge in [-0.15, -0.1) is 0 Å². The first-order chi connectivity index (χ1) is 9.25. The zero-order chi connectivity index (χ0) is 13.3. The highest BCUT2D eigenvalue weighted by atomic mass is 32.1. The van der Waals surface area contributed by atoms with Crippen LogP contribution in [0.25, 0.3) is 0 Å². The van der Waals surface area contributed by atoms with Crippen LogP contribution in [0.4, 0.5) is 5.13 Å². The Morgan fingerprint density at radius 3 is 2.95 bits per heavy atom. The van der Waals surface area contributed by atoms with Gasteiger partial charge in [0.15, 0.2) is 5.82 Å². The van der Waals surface area contributed by atoms with Gasteiger partial charge in [0.25, 0.3) is 0 Å². The summed E-state index contributed by atoms with van der Waals surface area (Å²) < 4.78 is 15.0. The first kappa shape index (κ1) is 13.3. The van der Waals surface area contributed by atoms with Crippen molar-refractivity contribution in [2.24, 2.45) is 5.41 Å². The van der Waals surface area contributed by atoms with Crippen molar-refractivity contribution in [2.45, 2.75) is 38.8 Å². The summed E-state index contributed by atoms with van der Waals surface area (Å²) in [6.45, 7) is 5.72. The number of ether oxygens (including phenoxy) is 2. The molecule has 3 heterocycles. The molecule has 106 valence electrons. The Bertz CT molecular complexity index is 431. The van der Waals surface area contributed by atoms with E-state index in [9.17, 15) is 0 Å². The Hall–Kier alpha value is -0.720. The topological polar surface area (TPSA) is 47.5 Å². The number of anilines is 1. The normalized spacial score (nSPS) is 26.2. The van der Waals surface area contributed by atoms with Crippen LogP contribution in [0.15, 0.2) is 0 Å². The van der Waals surface area contributed by atoms with Crippen molar-refractivity contribution in [1.29, 1.82) is 0 Å². The minimum atomic E-state index is 0.422. The number of hydrogen-bond donors (Lipinski definition) is 0. The SMILES string of the molecule is COCc1nsc(N2CCC3(CCOCC3)[C@@H]2C)n1. The Kier molecular flexibility index (Phi) is 3.73. The number of hydrogen-bond acceptors (Lipinski definition) is 6. The molecule has 1 aromatic heterocycles. The highest BCUT2D eigenvalue weighted by Gasteiger charge is 2.46. The van der Waals surface area contributed by atoms with E-state index in [0.717, 1.165) is 30.7 Å². The molecule has 0 bridgehead atoms. The molecule has 1 aromatic rings. The average Bonchev–Trinajstić information content (AvgIpc) is 2.99. The van der Waals surface area contributed by atoms with Gasteiger partial charge in [-0.3, -0.25) is 0 Å². The zero-order valence-electron chi connectivity index (χ0n) is 11.6. The Labute approximate surface area is 118 Å². The quantitative estimate of drug-likeness (QED) is 0.850. The lowest BCUT2D eigenvalue weighted by Crippen LogP contribution is -2.41. The van der Waals surface area contributed by atoms with Crippen LogP contribution in [0.2, 0.25) is 0 Å². The highest BCUT2D eigenvalue weighted by molar-refractivity contribution is 7.09. The Morgan fingerprint density at radius 1 is 1.42 bits per heavy atom. The van der Waals surface area contributed by atoms with Crippen LogP contribution in [-0.2, 0) is 16.1 Å². The molecule has 0 amide bonds. The molecule has 0 unspecified atom stereocenters. The maximum Gasteiger partial charge on any atom is 0.205 e. The second kappa shape index (κ2) is 5.34. The minimum Gasteiger partial charge on any atom is -0.381 e. The molecule has 19 heavy (non-hydrogen) atoms. The number of methoxy groups -OCH3 is 1. The largest absolute Gasteiger partial charge is 0.381 e. The van der Waals surface area contributed by atoms with Gasteiger partial charge in [0.2, 0.25) is 5.13 Å². The highest BCUT2D eigenvalue weighted by Crippen LogP contribution is 2.46. The van der Waals surface area contributed by atoms with E-state index < -0.39 is 0 Å². The number of nitrogens with zero attached hydrogens (tertiary/aromatic N) is 3. The summed E-state index contributed by atoms with van der Waals surface area (Å²) in [5.74, 6) is 0.794. The molecule has 0 saturated carbocycles. The molecule has 0 aliphatic carbocycles. The minimum absolute atomic E-state index is 0.422. The van der Waals surface area contributed by atoms with E-state index in [1.165, 1.54) is 30.8 Å². The van der Waals surface area contributed by atoms with Crippen molar-refractivity contribution in [1.82, 2.24) is 9.36 Å². The van der Waals surface area contributed by atoms with Crippen molar-refractivity contribution in [3.63, 3.8) is 0 Å². The predicted octanol–water partition coefficient (Wildman–Crippen LogP) is 2.08. The summed E-state index contributed by atoms with van der Waals surface area (Å²) >= 11 is 1.49. The lowest BCUT2D eigenvalue weighted by molar-refractivity contribution is 0.0128. The predicted molar refractivity (Wildman–Crippen MR) is 74.5 cm³/mol. The van der Waals surface area contributed by atoms with Gasteiger partial charge in [-0.05, 0) is 31.6 Å². The molecular weight excluding hydrogens is 262 g/mol. The Morgan fingerprint density at radius 2 is 2.21 bits per heavy atom. The summed E-state index contributed by atoms with van der Waals surface area (Å²) in [4.78, 5) is 7.01. The van der Waals surface area contributed by atoms with E-state index in [-0.39, 0.29) is 0 Å². The summed E-state index contributed by atoms with van der Waals surface area (Å²) in [6.07, 6.45) is 3.60. The molecule has 2 aliphatic rings. The summed E-state index contributed by atoms with van der Waals surface area (Å²) in [7, 11) is 1.68. The first-order valence-electron chi connectivity index (χ1n) is 6.91. The van der Waals surface area contributed by atoms with Gasteiger partial charge in [-0.2, -0.15) is 4.37 Å². The van der Waals surface area contributed by atoms with Gasteiger partial charge >= 0.3 is 0 Å². The third kappa shape index (κ3) is 2.37. The first-order valence-corrected chi connectivity index (χ1v) is 7.68. The zero-order valence-corrected chi connectivity index (χ0v) is 12.4. The lowest BCUT2D eigenvalue weighted by atomic mass is 9.74. The van der Waals surface area contributed by atoms with Gasteiger partial charge in [0.1, 0.15) is 6.61 Å². The van der Waals surface area contributed by atoms with Crippen LogP contribution >= 0.6 is 11.5 Å². The summed E-state index contributed by atoms with van der Waals surface area (Å²) in [5.41, 5.74) is 0.422. The Balaban J connectivity index is 1.75. The van der Waals surface area contributed by atoms with Crippen LogP contribution in [-0.4, -0.2) is 42.3 Å². The third-order valence-electron chi connectivity index (χ3n) is 4.67. The molecule has 6 heteroatoms. The fourth-order valence-corrected chi connectivity index (χ4v) is 4.11. The molecule has 2 aliphatic heterocycles. The summed E-state index contributed by atoms with van der Waals surface area (Å²) in [6, 6.07) is 0.528. The smallest absolute Gasteiger partial charge is 0.205 e. The second-order valence-electron chi connectivity index (χ2n) is 5.52. The molecule has 0 radical (unpaired) electrons. The molecule has 2 saturated heterocycles. The summed E-state index contributed by atoms with van der Waals surface area (Å²) in [5, 5.41) is 1.04. The molecule has 1 atom stereocenters. The van der Waals surface area contributed by atoms with Crippen molar-refractivity contribution >= 4 is 16.7 Å². The van der Waals surface area contributed by atoms with Gasteiger partial charge in [0, 0.05) is 44.4 Å². The number of aromatic nitrogens is 2.